The smallest absolute Gasteiger partial charge is 0.194 e. The zero-order valence-electron chi connectivity index (χ0n) is 7.08. The molecule has 0 amide bonds. The lowest BCUT2D eigenvalue weighted by Gasteiger charge is -2.35. The summed E-state index contributed by atoms with van der Waals surface area (Å²) in [6.45, 7) is -0.149. The van der Waals surface area contributed by atoms with Crippen LogP contribution in [0.25, 0.3) is 0 Å². The van der Waals surface area contributed by atoms with Crippen molar-refractivity contribution in [3.63, 3.8) is 0 Å². The van der Waals surface area contributed by atoms with Gasteiger partial charge in [0.05, 0.1) is 0 Å². The van der Waals surface area contributed by atoms with Crippen molar-refractivity contribution in [1.29, 1.82) is 0 Å². The summed E-state index contributed by atoms with van der Waals surface area (Å²) in [7, 11) is 0. The molecule has 5 heteroatoms. The van der Waals surface area contributed by atoms with Crippen LogP contribution in [0.5, 0.6) is 0 Å². The van der Waals surface area contributed by atoms with E-state index >= 15 is 0 Å². The van der Waals surface area contributed by atoms with Crippen molar-refractivity contribution >= 4 is 0 Å². The van der Waals surface area contributed by atoms with E-state index in [1.807, 2.05) is 0 Å². The zero-order valence-corrected chi connectivity index (χ0v) is 7.08. The summed E-state index contributed by atoms with van der Waals surface area (Å²) in [4.78, 5) is 0. The van der Waals surface area contributed by atoms with E-state index in [0.29, 0.717) is 0 Å². The normalized spacial score (nSPS) is 19.1. The summed E-state index contributed by atoms with van der Waals surface area (Å²) in [5.74, 6) is -4.36. The van der Waals surface area contributed by atoms with Crippen LogP contribution in [0.1, 0.15) is 5.56 Å². The highest BCUT2D eigenvalue weighted by molar-refractivity contribution is 5.29. The number of benzene rings is 1. The first-order valence-electron chi connectivity index (χ1n) is 4.08. The molecule has 1 heterocycles. The van der Waals surface area contributed by atoms with E-state index in [1.165, 1.54) is 0 Å². The van der Waals surface area contributed by atoms with Crippen LogP contribution in [0.3, 0.4) is 0 Å². The second kappa shape index (κ2) is 2.95. The van der Waals surface area contributed by atoms with Gasteiger partial charge in [0.25, 0.3) is 0 Å². The van der Waals surface area contributed by atoms with Crippen molar-refractivity contribution in [2.75, 3.05) is 13.1 Å². The molecule has 0 bridgehead atoms. The van der Waals surface area contributed by atoms with Gasteiger partial charge in [-0.15, -0.1) is 0 Å². The summed E-state index contributed by atoms with van der Waals surface area (Å²) in [6.07, 6.45) is 0. The van der Waals surface area contributed by atoms with E-state index in [9.17, 15) is 17.6 Å². The van der Waals surface area contributed by atoms with E-state index in [-0.39, 0.29) is 13.1 Å². The highest BCUT2D eigenvalue weighted by Gasteiger charge is 2.42. The van der Waals surface area contributed by atoms with Crippen molar-refractivity contribution in [1.82, 2.24) is 5.32 Å². The van der Waals surface area contributed by atoms with Gasteiger partial charge in [-0.1, -0.05) is 0 Å². The molecular weight excluding hydrogens is 198 g/mol. The van der Waals surface area contributed by atoms with Crippen LogP contribution in [-0.2, 0) is 5.67 Å². The van der Waals surface area contributed by atoms with Gasteiger partial charge in [-0.25, -0.2) is 17.6 Å². The van der Waals surface area contributed by atoms with Gasteiger partial charge in [0.15, 0.2) is 23.1 Å². The van der Waals surface area contributed by atoms with Crippen LogP contribution in [0.2, 0.25) is 0 Å². The molecule has 1 fully saturated rings. The third kappa shape index (κ3) is 1.19. The fourth-order valence-corrected chi connectivity index (χ4v) is 1.41. The fraction of sp³-hybridized carbons (Fsp3) is 0.333. The van der Waals surface area contributed by atoms with Crippen LogP contribution in [0.4, 0.5) is 17.6 Å². The summed E-state index contributed by atoms with van der Waals surface area (Å²) in [6, 6.07) is 1.67. The predicted molar refractivity (Wildman–Crippen MR) is 42.0 cm³/mol. The number of nitrogens with one attached hydrogen (secondary N) is 1. The fourth-order valence-electron chi connectivity index (χ4n) is 1.41. The number of rotatable bonds is 1. The molecule has 1 aliphatic heterocycles. The maximum Gasteiger partial charge on any atom is 0.194 e. The van der Waals surface area contributed by atoms with E-state index in [2.05, 4.69) is 5.32 Å². The molecule has 0 unspecified atom stereocenters. The van der Waals surface area contributed by atoms with Crippen LogP contribution in [-0.4, -0.2) is 13.1 Å². The predicted octanol–water partition coefficient (Wildman–Crippen LogP) is 1.87. The molecule has 0 aliphatic carbocycles. The Labute approximate surface area is 77.7 Å². The van der Waals surface area contributed by atoms with Crippen molar-refractivity contribution in [3.05, 3.63) is 35.1 Å². The van der Waals surface area contributed by atoms with Gasteiger partial charge in [-0.3, -0.25) is 0 Å². The lowest BCUT2D eigenvalue weighted by molar-refractivity contribution is 0.0834. The number of halogens is 4. The van der Waals surface area contributed by atoms with Crippen LogP contribution < -0.4 is 5.32 Å². The third-order valence-corrected chi connectivity index (χ3v) is 2.33. The molecule has 0 aromatic heterocycles. The van der Waals surface area contributed by atoms with Gasteiger partial charge < -0.3 is 5.32 Å². The Morgan fingerprint density at radius 2 is 1.71 bits per heavy atom. The minimum atomic E-state index is -1.90. The molecule has 1 nitrogen and oxygen atoms in total. The SMILES string of the molecule is Fc1ccc(C2(F)CNC2)c(F)c1F. The Morgan fingerprint density at radius 1 is 1.07 bits per heavy atom. The van der Waals surface area contributed by atoms with Gasteiger partial charge in [-0.2, -0.15) is 0 Å². The highest BCUT2D eigenvalue weighted by Crippen LogP contribution is 2.33. The first-order valence-corrected chi connectivity index (χ1v) is 4.08. The van der Waals surface area contributed by atoms with Crippen LogP contribution >= 0.6 is 0 Å². The minimum Gasteiger partial charge on any atom is -0.310 e. The molecule has 0 atom stereocenters. The highest BCUT2D eigenvalue weighted by atomic mass is 19.2. The molecule has 76 valence electrons. The summed E-state index contributed by atoms with van der Waals surface area (Å²) in [5, 5.41) is 2.60. The average Bonchev–Trinajstić information content (AvgIpc) is 2.11. The minimum absolute atomic E-state index is 0.0744. The van der Waals surface area contributed by atoms with Crippen molar-refractivity contribution in [3.8, 4) is 0 Å². The van der Waals surface area contributed by atoms with E-state index in [0.717, 1.165) is 12.1 Å². The summed E-state index contributed by atoms with van der Waals surface area (Å²) < 4.78 is 52.0. The molecule has 1 aromatic carbocycles. The Morgan fingerprint density at radius 3 is 2.21 bits per heavy atom. The summed E-state index contributed by atoms with van der Waals surface area (Å²) in [5.41, 5.74) is -2.33. The molecular formula is C9H7F4N. The molecule has 0 spiro atoms. The monoisotopic (exact) mass is 205 g/mol. The van der Waals surface area contributed by atoms with Gasteiger partial charge in [-0.05, 0) is 12.1 Å². The maximum absolute atomic E-state index is 13.6. The largest absolute Gasteiger partial charge is 0.310 e. The Bertz CT molecular complexity index is 373. The van der Waals surface area contributed by atoms with Crippen molar-refractivity contribution < 1.29 is 17.6 Å². The van der Waals surface area contributed by atoms with Gasteiger partial charge in [0, 0.05) is 18.7 Å². The topological polar surface area (TPSA) is 12.0 Å². The van der Waals surface area contributed by atoms with Crippen LogP contribution in [0.15, 0.2) is 12.1 Å². The van der Waals surface area contributed by atoms with Crippen LogP contribution in [0, 0.1) is 17.5 Å². The summed E-state index contributed by atoms with van der Waals surface area (Å²) >= 11 is 0. The van der Waals surface area contributed by atoms with E-state index in [1.54, 1.807) is 0 Å². The molecule has 2 rings (SSSR count). The lowest BCUT2D eigenvalue weighted by Crippen LogP contribution is -2.54. The molecule has 14 heavy (non-hydrogen) atoms. The van der Waals surface area contributed by atoms with Gasteiger partial charge in [0.2, 0.25) is 0 Å². The second-order valence-electron chi connectivity index (χ2n) is 3.29. The number of hydrogen-bond acceptors (Lipinski definition) is 1. The Kier molecular flexibility index (Phi) is 1.99. The Hall–Kier alpha value is -1.10. The molecule has 1 saturated heterocycles. The zero-order chi connectivity index (χ0) is 10.3. The average molecular weight is 205 g/mol. The van der Waals surface area contributed by atoms with Gasteiger partial charge in [0.1, 0.15) is 0 Å². The maximum atomic E-state index is 13.6. The quantitative estimate of drug-likeness (QED) is 0.545. The Balaban J connectivity index is 2.49. The van der Waals surface area contributed by atoms with Gasteiger partial charge >= 0.3 is 0 Å². The molecule has 0 radical (unpaired) electrons. The lowest BCUT2D eigenvalue weighted by atomic mass is 9.89. The standard InChI is InChI=1S/C9H7F4N/c10-6-2-1-5(7(11)8(6)12)9(13)3-14-4-9/h1-2,14H,3-4H2. The number of alkyl halides is 1. The molecule has 1 aliphatic rings. The van der Waals surface area contributed by atoms with E-state index in [4.69, 9.17) is 0 Å². The van der Waals surface area contributed by atoms with E-state index < -0.39 is 28.7 Å². The molecule has 0 saturated carbocycles. The number of hydrogen-bond donors (Lipinski definition) is 1. The first-order chi connectivity index (χ1) is 6.54. The second-order valence-corrected chi connectivity index (χ2v) is 3.29. The molecule has 1 N–H and O–H groups in total. The van der Waals surface area contributed by atoms with Crippen molar-refractivity contribution in [2.24, 2.45) is 0 Å². The first kappa shape index (κ1) is 9.45. The van der Waals surface area contributed by atoms with Crippen molar-refractivity contribution in [2.45, 2.75) is 5.67 Å². The molecule has 1 aromatic rings. The third-order valence-electron chi connectivity index (χ3n) is 2.33.